The summed E-state index contributed by atoms with van der Waals surface area (Å²) >= 11 is 0. The Labute approximate surface area is 121 Å². The third kappa shape index (κ3) is 8.51. The number of rotatable bonds is 9. The highest BCUT2D eigenvalue weighted by Gasteiger charge is 2.11. The molecule has 0 rings (SSSR count). The summed E-state index contributed by atoms with van der Waals surface area (Å²) in [5, 5.41) is 17.8. The standard InChI is InChI=1S/C16H26O4/c1-11(2)6-5-7-12(3)8-9-14(16(19)20)13(4)10-15(17)18/h9-12H,5-8H2,1-4H3,(H,17,18)(H,19,20)/b13-10+,14-9-/t12-/m0/s1. The molecule has 2 N–H and O–H groups in total. The summed E-state index contributed by atoms with van der Waals surface area (Å²) in [6.45, 7) is 7.98. The molecule has 0 heterocycles. The topological polar surface area (TPSA) is 74.6 Å². The van der Waals surface area contributed by atoms with Gasteiger partial charge in [-0.05, 0) is 30.8 Å². The van der Waals surface area contributed by atoms with Crippen molar-refractivity contribution < 1.29 is 19.8 Å². The van der Waals surface area contributed by atoms with E-state index in [-0.39, 0.29) is 11.1 Å². The SMILES string of the molecule is CC(=C\C(=O)O)/C(=C/C[C@@H](C)CCCC(C)C)C(=O)O. The molecule has 114 valence electrons. The van der Waals surface area contributed by atoms with Crippen molar-refractivity contribution in [3.05, 3.63) is 23.3 Å². The summed E-state index contributed by atoms with van der Waals surface area (Å²) in [4.78, 5) is 21.7. The zero-order chi connectivity index (χ0) is 15.7. The second-order valence-electron chi connectivity index (χ2n) is 5.75. The number of carboxylic acids is 2. The van der Waals surface area contributed by atoms with Gasteiger partial charge in [0.25, 0.3) is 0 Å². The summed E-state index contributed by atoms with van der Waals surface area (Å²) in [6, 6.07) is 0. The van der Waals surface area contributed by atoms with E-state index in [1.54, 1.807) is 6.08 Å². The maximum absolute atomic E-state index is 11.1. The minimum absolute atomic E-state index is 0.0862. The lowest BCUT2D eigenvalue weighted by atomic mass is 9.95. The van der Waals surface area contributed by atoms with E-state index in [0.29, 0.717) is 18.3 Å². The van der Waals surface area contributed by atoms with Crippen LogP contribution in [0.2, 0.25) is 0 Å². The van der Waals surface area contributed by atoms with Crippen LogP contribution in [0, 0.1) is 11.8 Å². The van der Waals surface area contributed by atoms with Gasteiger partial charge in [0, 0.05) is 6.08 Å². The molecule has 0 spiro atoms. The lowest BCUT2D eigenvalue weighted by Crippen LogP contribution is -2.05. The molecule has 0 amide bonds. The van der Waals surface area contributed by atoms with Gasteiger partial charge in [-0.25, -0.2) is 9.59 Å². The van der Waals surface area contributed by atoms with Crippen LogP contribution in [-0.2, 0) is 9.59 Å². The van der Waals surface area contributed by atoms with Crippen LogP contribution in [0.1, 0.15) is 53.4 Å². The van der Waals surface area contributed by atoms with Crippen molar-refractivity contribution in [2.24, 2.45) is 11.8 Å². The van der Waals surface area contributed by atoms with Crippen LogP contribution in [-0.4, -0.2) is 22.2 Å². The highest BCUT2D eigenvalue weighted by atomic mass is 16.4. The number of carboxylic acid groups (broad SMARTS) is 2. The molecule has 0 aromatic rings. The van der Waals surface area contributed by atoms with Crippen LogP contribution in [0.3, 0.4) is 0 Å². The Morgan fingerprint density at radius 1 is 1.10 bits per heavy atom. The van der Waals surface area contributed by atoms with Gasteiger partial charge in [-0.2, -0.15) is 0 Å². The lowest BCUT2D eigenvalue weighted by molar-refractivity contribution is -0.132. The Balaban J connectivity index is 4.56. The smallest absolute Gasteiger partial charge is 0.335 e. The molecule has 0 radical (unpaired) electrons. The van der Waals surface area contributed by atoms with Gasteiger partial charge in [0.15, 0.2) is 0 Å². The number of hydrogen-bond donors (Lipinski definition) is 2. The normalized spacial score (nSPS) is 14.4. The maximum Gasteiger partial charge on any atom is 0.335 e. The third-order valence-electron chi connectivity index (χ3n) is 3.20. The predicted octanol–water partition coefficient (Wildman–Crippen LogP) is 3.88. The Hall–Kier alpha value is -1.58. The van der Waals surface area contributed by atoms with E-state index in [1.165, 1.54) is 13.3 Å². The van der Waals surface area contributed by atoms with Crippen LogP contribution in [0.5, 0.6) is 0 Å². The monoisotopic (exact) mass is 282 g/mol. The zero-order valence-corrected chi connectivity index (χ0v) is 12.8. The molecule has 0 saturated heterocycles. The Morgan fingerprint density at radius 2 is 1.70 bits per heavy atom. The molecule has 20 heavy (non-hydrogen) atoms. The number of aliphatic carboxylic acids is 2. The van der Waals surface area contributed by atoms with Crippen LogP contribution in [0.4, 0.5) is 0 Å². The first-order valence-electron chi connectivity index (χ1n) is 7.09. The summed E-state index contributed by atoms with van der Waals surface area (Å²) in [6.07, 6.45) is 6.60. The number of allylic oxidation sites excluding steroid dienone is 1. The van der Waals surface area contributed by atoms with E-state index < -0.39 is 11.9 Å². The van der Waals surface area contributed by atoms with Crippen molar-refractivity contribution in [1.29, 1.82) is 0 Å². The third-order valence-corrected chi connectivity index (χ3v) is 3.20. The van der Waals surface area contributed by atoms with Crippen LogP contribution >= 0.6 is 0 Å². The summed E-state index contributed by atoms with van der Waals surface area (Å²) in [5.74, 6) is -1.11. The molecule has 0 aromatic carbocycles. The van der Waals surface area contributed by atoms with Crippen molar-refractivity contribution in [2.45, 2.75) is 53.4 Å². The fourth-order valence-electron chi connectivity index (χ4n) is 1.99. The molecule has 0 aliphatic heterocycles. The Bertz CT molecular complexity index is 391. The average Bonchev–Trinajstić information content (AvgIpc) is 2.26. The van der Waals surface area contributed by atoms with Gasteiger partial charge in [0.2, 0.25) is 0 Å². The first-order chi connectivity index (χ1) is 9.23. The van der Waals surface area contributed by atoms with Gasteiger partial charge < -0.3 is 10.2 Å². The highest BCUT2D eigenvalue weighted by Crippen LogP contribution is 2.18. The predicted molar refractivity (Wildman–Crippen MR) is 79.6 cm³/mol. The number of hydrogen-bond acceptors (Lipinski definition) is 2. The molecular formula is C16H26O4. The van der Waals surface area contributed by atoms with Gasteiger partial charge in [0.05, 0.1) is 5.57 Å². The van der Waals surface area contributed by atoms with Crippen molar-refractivity contribution in [3.63, 3.8) is 0 Å². The molecule has 4 nitrogen and oxygen atoms in total. The van der Waals surface area contributed by atoms with Gasteiger partial charge >= 0.3 is 11.9 Å². The van der Waals surface area contributed by atoms with Crippen LogP contribution in [0.25, 0.3) is 0 Å². The second kappa shape index (κ2) is 9.34. The van der Waals surface area contributed by atoms with E-state index in [1.807, 2.05) is 0 Å². The summed E-state index contributed by atoms with van der Waals surface area (Å²) in [5.41, 5.74) is 0.363. The van der Waals surface area contributed by atoms with Crippen LogP contribution < -0.4 is 0 Å². The number of carbonyl (C=O) groups is 2. The van der Waals surface area contributed by atoms with Crippen molar-refractivity contribution in [2.75, 3.05) is 0 Å². The molecule has 4 heteroatoms. The molecular weight excluding hydrogens is 256 g/mol. The van der Waals surface area contributed by atoms with E-state index in [9.17, 15) is 9.59 Å². The van der Waals surface area contributed by atoms with E-state index in [0.717, 1.165) is 18.9 Å². The fraction of sp³-hybridized carbons (Fsp3) is 0.625. The molecule has 0 unspecified atom stereocenters. The lowest BCUT2D eigenvalue weighted by Gasteiger charge is -2.11. The Kier molecular flexibility index (Phi) is 8.61. The van der Waals surface area contributed by atoms with Gasteiger partial charge in [-0.15, -0.1) is 0 Å². The quantitative estimate of drug-likeness (QED) is 0.497. The Morgan fingerprint density at radius 3 is 2.15 bits per heavy atom. The van der Waals surface area contributed by atoms with E-state index >= 15 is 0 Å². The molecule has 0 aliphatic rings. The van der Waals surface area contributed by atoms with E-state index in [2.05, 4.69) is 20.8 Å². The molecule has 0 fully saturated rings. The summed E-state index contributed by atoms with van der Waals surface area (Å²) < 4.78 is 0. The first kappa shape index (κ1) is 18.4. The molecule has 0 saturated carbocycles. The van der Waals surface area contributed by atoms with Gasteiger partial charge in [0.1, 0.15) is 0 Å². The van der Waals surface area contributed by atoms with Crippen molar-refractivity contribution in [1.82, 2.24) is 0 Å². The summed E-state index contributed by atoms with van der Waals surface area (Å²) in [7, 11) is 0. The minimum atomic E-state index is -1.13. The van der Waals surface area contributed by atoms with E-state index in [4.69, 9.17) is 10.2 Å². The van der Waals surface area contributed by atoms with Crippen LogP contribution in [0.15, 0.2) is 23.3 Å². The average molecular weight is 282 g/mol. The van der Waals surface area contributed by atoms with Crippen molar-refractivity contribution >= 4 is 11.9 Å². The van der Waals surface area contributed by atoms with Crippen molar-refractivity contribution in [3.8, 4) is 0 Å². The zero-order valence-electron chi connectivity index (χ0n) is 12.8. The highest BCUT2D eigenvalue weighted by molar-refractivity contribution is 5.94. The molecule has 1 atom stereocenters. The largest absolute Gasteiger partial charge is 0.478 e. The molecule has 0 bridgehead atoms. The van der Waals surface area contributed by atoms with Gasteiger partial charge in [-0.1, -0.05) is 46.1 Å². The molecule has 0 aromatic heterocycles. The first-order valence-corrected chi connectivity index (χ1v) is 7.09. The molecule has 0 aliphatic carbocycles. The fourth-order valence-corrected chi connectivity index (χ4v) is 1.99. The second-order valence-corrected chi connectivity index (χ2v) is 5.75. The minimum Gasteiger partial charge on any atom is -0.478 e. The van der Waals surface area contributed by atoms with Gasteiger partial charge in [-0.3, -0.25) is 0 Å². The maximum atomic E-state index is 11.1.